The zero-order chi connectivity index (χ0) is 19.9. The molecule has 5 nitrogen and oxygen atoms in total. The number of piperazine rings is 1. The number of nitriles is 1. The minimum Gasteiger partial charge on any atom is -0.331 e. The molecule has 0 spiro atoms. The Bertz CT molecular complexity index is 803. The fourth-order valence-corrected chi connectivity index (χ4v) is 3.57. The molecule has 146 valence electrons. The Morgan fingerprint density at radius 3 is 2.25 bits per heavy atom. The maximum atomic E-state index is 12.8. The van der Waals surface area contributed by atoms with Crippen molar-refractivity contribution in [3.63, 3.8) is 0 Å². The van der Waals surface area contributed by atoms with Gasteiger partial charge in [-0.2, -0.15) is 5.26 Å². The summed E-state index contributed by atoms with van der Waals surface area (Å²) in [6, 6.07) is 20.1. The van der Waals surface area contributed by atoms with E-state index in [0.717, 1.165) is 38.3 Å². The van der Waals surface area contributed by atoms with Crippen LogP contribution in [0.4, 0.5) is 4.79 Å². The highest BCUT2D eigenvalue weighted by Crippen LogP contribution is 2.22. The van der Waals surface area contributed by atoms with Crippen LogP contribution in [-0.2, 0) is 6.54 Å². The number of urea groups is 1. The van der Waals surface area contributed by atoms with E-state index in [0.29, 0.717) is 11.5 Å². The van der Waals surface area contributed by atoms with Crippen molar-refractivity contribution in [2.75, 3.05) is 26.2 Å². The zero-order valence-corrected chi connectivity index (χ0v) is 16.6. The number of nitrogens with one attached hydrogen (secondary N) is 1. The van der Waals surface area contributed by atoms with E-state index in [2.05, 4.69) is 42.3 Å². The Hall–Kier alpha value is -2.84. The average Bonchev–Trinajstić information content (AvgIpc) is 2.73. The van der Waals surface area contributed by atoms with Crippen LogP contribution in [0.2, 0.25) is 0 Å². The van der Waals surface area contributed by atoms with Crippen LogP contribution in [0.25, 0.3) is 0 Å². The normalized spacial score (nSPS) is 15.9. The van der Waals surface area contributed by atoms with E-state index in [9.17, 15) is 4.79 Å². The number of rotatable bonds is 5. The lowest BCUT2D eigenvalue weighted by atomic mass is 9.96. The molecule has 28 heavy (non-hydrogen) atoms. The average molecular weight is 377 g/mol. The van der Waals surface area contributed by atoms with Crippen molar-refractivity contribution in [1.82, 2.24) is 15.1 Å². The molecule has 2 aromatic rings. The number of carbonyl (C=O) groups excluding carboxylic acids is 1. The summed E-state index contributed by atoms with van der Waals surface area (Å²) in [7, 11) is 0. The molecule has 2 amide bonds. The minimum atomic E-state index is 0.0144. The molecule has 1 saturated heterocycles. The third-order valence-corrected chi connectivity index (χ3v) is 5.25. The van der Waals surface area contributed by atoms with Gasteiger partial charge in [-0.15, -0.1) is 0 Å². The first-order chi connectivity index (χ1) is 13.6. The van der Waals surface area contributed by atoms with Gasteiger partial charge in [-0.3, -0.25) is 4.90 Å². The topological polar surface area (TPSA) is 59.4 Å². The Morgan fingerprint density at radius 2 is 1.68 bits per heavy atom. The lowest BCUT2D eigenvalue weighted by Crippen LogP contribution is -2.52. The predicted molar refractivity (Wildman–Crippen MR) is 111 cm³/mol. The van der Waals surface area contributed by atoms with E-state index in [1.807, 2.05) is 47.4 Å². The number of amides is 2. The number of hydrogen-bond donors (Lipinski definition) is 1. The van der Waals surface area contributed by atoms with Gasteiger partial charge in [0.25, 0.3) is 0 Å². The molecule has 0 aromatic heterocycles. The molecule has 3 rings (SSSR count). The van der Waals surface area contributed by atoms with E-state index in [4.69, 9.17) is 5.26 Å². The minimum absolute atomic E-state index is 0.0144. The van der Waals surface area contributed by atoms with Crippen molar-refractivity contribution >= 4 is 6.03 Å². The second-order valence-corrected chi connectivity index (χ2v) is 7.65. The largest absolute Gasteiger partial charge is 0.331 e. The summed E-state index contributed by atoms with van der Waals surface area (Å²) < 4.78 is 0. The summed E-state index contributed by atoms with van der Waals surface area (Å²) in [6.45, 7) is 8.26. The maximum Gasteiger partial charge on any atom is 0.317 e. The molecule has 1 unspecified atom stereocenters. The van der Waals surface area contributed by atoms with Gasteiger partial charge in [0.2, 0.25) is 0 Å². The molecule has 0 saturated carbocycles. The van der Waals surface area contributed by atoms with E-state index in [1.54, 1.807) is 0 Å². The van der Waals surface area contributed by atoms with Crippen LogP contribution in [0.15, 0.2) is 54.6 Å². The van der Waals surface area contributed by atoms with E-state index in [1.165, 1.54) is 5.56 Å². The van der Waals surface area contributed by atoms with Gasteiger partial charge in [-0.05, 0) is 29.2 Å². The Morgan fingerprint density at radius 1 is 1.04 bits per heavy atom. The first-order valence-electron chi connectivity index (χ1n) is 9.88. The molecule has 1 fully saturated rings. The second-order valence-electron chi connectivity index (χ2n) is 7.65. The third kappa shape index (κ3) is 5.11. The quantitative estimate of drug-likeness (QED) is 0.864. The van der Waals surface area contributed by atoms with Crippen LogP contribution in [0.1, 0.15) is 36.6 Å². The molecule has 1 N–H and O–H groups in total. The van der Waals surface area contributed by atoms with Gasteiger partial charge in [-0.1, -0.05) is 56.3 Å². The van der Waals surface area contributed by atoms with Crippen LogP contribution in [0.3, 0.4) is 0 Å². The Balaban J connectivity index is 1.52. The predicted octanol–water partition coefficient (Wildman–Crippen LogP) is 3.78. The SMILES string of the molecule is CC(C)C(NC(=O)N1CCN(Cc2ccc(C#N)cc2)CC1)c1ccccc1. The summed E-state index contributed by atoms with van der Waals surface area (Å²) in [4.78, 5) is 17.0. The lowest BCUT2D eigenvalue weighted by Gasteiger charge is -2.36. The molecular formula is C23H28N4O. The molecule has 0 bridgehead atoms. The summed E-state index contributed by atoms with van der Waals surface area (Å²) in [5.41, 5.74) is 3.02. The standard InChI is InChI=1S/C23H28N4O/c1-18(2)22(21-6-4-3-5-7-21)25-23(28)27-14-12-26(13-15-27)17-20-10-8-19(16-24)9-11-20/h3-11,18,22H,12-15,17H2,1-2H3,(H,25,28). The fraction of sp³-hybridized carbons (Fsp3) is 0.391. The summed E-state index contributed by atoms with van der Waals surface area (Å²) in [5.74, 6) is 0.323. The van der Waals surface area contributed by atoms with Crippen molar-refractivity contribution in [2.45, 2.75) is 26.4 Å². The monoisotopic (exact) mass is 376 g/mol. The molecule has 1 aliphatic heterocycles. The Labute approximate surface area is 167 Å². The van der Waals surface area contributed by atoms with Crippen molar-refractivity contribution in [2.24, 2.45) is 5.92 Å². The maximum absolute atomic E-state index is 12.8. The summed E-state index contributed by atoms with van der Waals surface area (Å²) in [6.07, 6.45) is 0. The van der Waals surface area contributed by atoms with E-state index < -0.39 is 0 Å². The number of benzene rings is 2. The first kappa shape index (κ1) is 19.9. The summed E-state index contributed by atoms with van der Waals surface area (Å²) in [5, 5.41) is 12.1. The highest BCUT2D eigenvalue weighted by atomic mass is 16.2. The van der Waals surface area contributed by atoms with Crippen molar-refractivity contribution < 1.29 is 4.79 Å². The van der Waals surface area contributed by atoms with E-state index >= 15 is 0 Å². The van der Waals surface area contributed by atoms with Crippen LogP contribution >= 0.6 is 0 Å². The second kappa shape index (κ2) is 9.38. The van der Waals surface area contributed by atoms with Gasteiger partial charge in [0.15, 0.2) is 0 Å². The molecule has 1 atom stereocenters. The molecule has 2 aromatic carbocycles. The third-order valence-electron chi connectivity index (χ3n) is 5.25. The van der Waals surface area contributed by atoms with Gasteiger partial charge in [0.1, 0.15) is 0 Å². The molecular weight excluding hydrogens is 348 g/mol. The number of nitrogens with zero attached hydrogens (tertiary/aromatic N) is 3. The van der Waals surface area contributed by atoms with Crippen LogP contribution < -0.4 is 5.32 Å². The van der Waals surface area contributed by atoms with Gasteiger partial charge in [-0.25, -0.2) is 4.79 Å². The smallest absolute Gasteiger partial charge is 0.317 e. The zero-order valence-electron chi connectivity index (χ0n) is 16.6. The first-order valence-corrected chi connectivity index (χ1v) is 9.88. The van der Waals surface area contributed by atoms with Crippen LogP contribution in [0.5, 0.6) is 0 Å². The van der Waals surface area contributed by atoms with Gasteiger partial charge in [0, 0.05) is 32.7 Å². The van der Waals surface area contributed by atoms with Crippen molar-refractivity contribution in [3.05, 3.63) is 71.3 Å². The highest BCUT2D eigenvalue weighted by molar-refractivity contribution is 5.75. The van der Waals surface area contributed by atoms with Gasteiger partial charge < -0.3 is 10.2 Å². The number of hydrogen-bond acceptors (Lipinski definition) is 3. The van der Waals surface area contributed by atoms with Gasteiger partial charge in [0.05, 0.1) is 17.7 Å². The molecule has 0 radical (unpaired) electrons. The fourth-order valence-electron chi connectivity index (χ4n) is 3.57. The van der Waals surface area contributed by atoms with Crippen LogP contribution in [0, 0.1) is 17.2 Å². The lowest BCUT2D eigenvalue weighted by molar-refractivity contribution is 0.131. The van der Waals surface area contributed by atoms with Crippen molar-refractivity contribution in [3.8, 4) is 6.07 Å². The van der Waals surface area contributed by atoms with E-state index in [-0.39, 0.29) is 12.1 Å². The molecule has 5 heteroatoms. The summed E-state index contributed by atoms with van der Waals surface area (Å²) >= 11 is 0. The molecule has 1 heterocycles. The Kier molecular flexibility index (Phi) is 6.67. The van der Waals surface area contributed by atoms with Gasteiger partial charge >= 0.3 is 6.03 Å². The number of carbonyl (C=O) groups is 1. The van der Waals surface area contributed by atoms with Crippen molar-refractivity contribution in [1.29, 1.82) is 5.26 Å². The molecule has 1 aliphatic rings. The highest BCUT2D eigenvalue weighted by Gasteiger charge is 2.25. The van der Waals surface area contributed by atoms with Crippen LogP contribution in [-0.4, -0.2) is 42.0 Å². The molecule has 0 aliphatic carbocycles.